The van der Waals surface area contributed by atoms with Crippen LogP contribution in [0.25, 0.3) is 44.2 Å². The van der Waals surface area contributed by atoms with Gasteiger partial charge in [0.25, 0.3) is 0 Å². The highest BCUT2D eigenvalue weighted by Gasteiger charge is 2.46. The molecule has 0 bridgehead atoms. The quantitative estimate of drug-likeness (QED) is 0.208. The van der Waals surface area contributed by atoms with E-state index in [1.54, 1.807) is 0 Å². The highest BCUT2D eigenvalue weighted by molar-refractivity contribution is 9.10. The molecule has 7 aromatic rings. The molecule has 0 N–H and O–H groups in total. The van der Waals surface area contributed by atoms with Gasteiger partial charge in [0.15, 0.2) is 0 Å². The molecular formula is C37H23BrO. The first kappa shape index (κ1) is 22.6. The summed E-state index contributed by atoms with van der Waals surface area (Å²) in [6.45, 7) is 0. The second-order valence-electron chi connectivity index (χ2n) is 10.2. The first-order chi connectivity index (χ1) is 19.2. The molecule has 8 rings (SSSR count). The van der Waals surface area contributed by atoms with Gasteiger partial charge in [-0.1, -0.05) is 131 Å². The molecule has 0 fully saturated rings. The van der Waals surface area contributed by atoms with Crippen LogP contribution in [0.5, 0.6) is 0 Å². The molecule has 6 aromatic carbocycles. The molecule has 184 valence electrons. The van der Waals surface area contributed by atoms with Crippen molar-refractivity contribution < 1.29 is 4.42 Å². The van der Waals surface area contributed by atoms with Crippen LogP contribution in [0.2, 0.25) is 0 Å². The van der Waals surface area contributed by atoms with Crippen LogP contribution in [0.4, 0.5) is 0 Å². The van der Waals surface area contributed by atoms with E-state index in [0.29, 0.717) is 0 Å². The SMILES string of the molecule is Brc1cccc2c1-c1ccccc1C2(c1ccccc1)c1ccc(-c2ccc3c(c2)oc2ccccc23)cc1. The van der Waals surface area contributed by atoms with Gasteiger partial charge < -0.3 is 4.42 Å². The summed E-state index contributed by atoms with van der Waals surface area (Å²) in [4.78, 5) is 0. The molecule has 0 radical (unpaired) electrons. The predicted molar refractivity (Wildman–Crippen MR) is 164 cm³/mol. The van der Waals surface area contributed by atoms with Gasteiger partial charge in [-0.2, -0.15) is 0 Å². The summed E-state index contributed by atoms with van der Waals surface area (Å²) in [5.74, 6) is 0. The molecule has 0 amide bonds. The molecule has 1 unspecified atom stereocenters. The minimum atomic E-state index is -0.405. The summed E-state index contributed by atoms with van der Waals surface area (Å²) in [6.07, 6.45) is 0. The Bertz CT molecular complexity index is 2020. The van der Waals surface area contributed by atoms with E-state index in [-0.39, 0.29) is 0 Å². The zero-order chi connectivity index (χ0) is 26.0. The highest BCUT2D eigenvalue weighted by atomic mass is 79.9. The van der Waals surface area contributed by atoms with Gasteiger partial charge in [-0.05, 0) is 63.2 Å². The van der Waals surface area contributed by atoms with E-state index in [0.717, 1.165) is 32.0 Å². The van der Waals surface area contributed by atoms with Crippen LogP contribution in [-0.4, -0.2) is 0 Å². The van der Waals surface area contributed by atoms with Crippen molar-refractivity contribution in [3.05, 3.63) is 166 Å². The first-order valence-electron chi connectivity index (χ1n) is 13.2. The Kier molecular flexibility index (Phi) is 4.95. The topological polar surface area (TPSA) is 13.1 Å². The number of para-hydroxylation sites is 1. The van der Waals surface area contributed by atoms with E-state index in [2.05, 4.69) is 143 Å². The second-order valence-corrected chi connectivity index (χ2v) is 11.1. The van der Waals surface area contributed by atoms with Crippen molar-refractivity contribution >= 4 is 37.9 Å². The van der Waals surface area contributed by atoms with Crippen LogP contribution in [0.1, 0.15) is 22.3 Å². The predicted octanol–water partition coefficient (Wildman–Crippen LogP) is 10.4. The van der Waals surface area contributed by atoms with Crippen LogP contribution >= 0.6 is 15.9 Å². The average molecular weight is 563 g/mol. The van der Waals surface area contributed by atoms with Gasteiger partial charge in [0, 0.05) is 20.8 Å². The molecular weight excluding hydrogens is 540 g/mol. The number of benzene rings is 6. The molecule has 1 nitrogen and oxygen atoms in total. The van der Waals surface area contributed by atoms with E-state index in [9.17, 15) is 0 Å². The normalized spacial score (nSPS) is 15.9. The zero-order valence-electron chi connectivity index (χ0n) is 21.1. The smallest absolute Gasteiger partial charge is 0.136 e. The fraction of sp³-hybridized carbons (Fsp3) is 0.0270. The summed E-state index contributed by atoms with van der Waals surface area (Å²) in [6, 6.07) is 50.2. The van der Waals surface area contributed by atoms with E-state index < -0.39 is 5.41 Å². The van der Waals surface area contributed by atoms with Gasteiger partial charge in [0.1, 0.15) is 11.2 Å². The standard InChI is InChI=1S/C37H23BrO/c38-33-15-8-14-32-36(33)30-12-4-6-13-31(30)37(32,26-9-2-1-3-10-26)27-20-17-24(18-21-27)25-19-22-29-28-11-5-7-16-34(28)39-35(29)23-25/h1-23H. The lowest BCUT2D eigenvalue weighted by Gasteiger charge is -2.34. The van der Waals surface area contributed by atoms with E-state index in [1.807, 2.05) is 12.1 Å². The summed E-state index contributed by atoms with van der Waals surface area (Å²) >= 11 is 3.88. The van der Waals surface area contributed by atoms with Crippen molar-refractivity contribution in [2.45, 2.75) is 5.41 Å². The number of hydrogen-bond donors (Lipinski definition) is 0. The number of fused-ring (bicyclic) bond motifs is 6. The maximum absolute atomic E-state index is 6.18. The van der Waals surface area contributed by atoms with Crippen molar-refractivity contribution in [1.29, 1.82) is 0 Å². The van der Waals surface area contributed by atoms with Crippen LogP contribution in [0.3, 0.4) is 0 Å². The number of halogens is 1. The summed E-state index contributed by atoms with van der Waals surface area (Å²) in [5.41, 5.74) is 11.5. The molecule has 39 heavy (non-hydrogen) atoms. The lowest BCUT2D eigenvalue weighted by Crippen LogP contribution is -2.28. The average Bonchev–Trinajstić information content (AvgIpc) is 3.52. The maximum atomic E-state index is 6.18. The van der Waals surface area contributed by atoms with E-state index >= 15 is 0 Å². The Hall–Kier alpha value is -4.40. The monoisotopic (exact) mass is 562 g/mol. The van der Waals surface area contributed by atoms with Gasteiger partial charge in [0.2, 0.25) is 0 Å². The second kappa shape index (κ2) is 8.56. The van der Waals surface area contributed by atoms with Gasteiger partial charge in [-0.25, -0.2) is 0 Å². The minimum Gasteiger partial charge on any atom is -0.456 e. The van der Waals surface area contributed by atoms with Crippen molar-refractivity contribution in [3.63, 3.8) is 0 Å². The molecule has 1 atom stereocenters. The minimum absolute atomic E-state index is 0.405. The largest absolute Gasteiger partial charge is 0.456 e. The van der Waals surface area contributed by atoms with Crippen molar-refractivity contribution in [2.24, 2.45) is 0 Å². The molecule has 0 saturated carbocycles. The van der Waals surface area contributed by atoms with Crippen LogP contribution < -0.4 is 0 Å². The van der Waals surface area contributed by atoms with Gasteiger partial charge in [-0.15, -0.1) is 0 Å². The van der Waals surface area contributed by atoms with Crippen molar-refractivity contribution in [1.82, 2.24) is 0 Å². The van der Waals surface area contributed by atoms with Gasteiger partial charge in [0.05, 0.1) is 5.41 Å². The third-order valence-electron chi connectivity index (χ3n) is 8.25. The van der Waals surface area contributed by atoms with Crippen LogP contribution in [0.15, 0.2) is 148 Å². The lowest BCUT2D eigenvalue weighted by molar-refractivity contribution is 0.669. The highest BCUT2D eigenvalue weighted by Crippen LogP contribution is 2.57. The van der Waals surface area contributed by atoms with Crippen molar-refractivity contribution in [3.8, 4) is 22.3 Å². The number of rotatable bonds is 3. The molecule has 1 aliphatic carbocycles. The lowest BCUT2D eigenvalue weighted by atomic mass is 9.67. The van der Waals surface area contributed by atoms with Gasteiger partial charge in [-0.3, -0.25) is 0 Å². The van der Waals surface area contributed by atoms with Crippen molar-refractivity contribution in [2.75, 3.05) is 0 Å². The van der Waals surface area contributed by atoms with Gasteiger partial charge >= 0.3 is 0 Å². The fourth-order valence-corrected chi connectivity index (χ4v) is 7.16. The van der Waals surface area contributed by atoms with Crippen LogP contribution in [0, 0.1) is 0 Å². The van der Waals surface area contributed by atoms with Crippen LogP contribution in [-0.2, 0) is 5.41 Å². The summed E-state index contributed by atoms with van der Waals surface area (Å²) in [5, 5.41) is 2.31. The maximum Gasteiger partial charge on any atom is 0.136 e. The molecule has 0 saturated heterocycles. The Balaban J connectivity index is 1.33. The molecule has 1 heterocycles. The van der Waals surface area contributed by atoms with E-state index in [1.165, 1.54) is 38.9 Å². The molecule has 1 aliphatic rings. The Morgan fingerprint density at radius 2 is 1.15 bits per heavy atom. The Morgan fingerprint density at radius 3 is 2.03 bits per heavy atom. The molecule has 2 heteroatoms. The number of furan rings is 1. The zero-order valence-corrected chi connectivity index (χ0v) is 22.7. The number of hydrogen-bond acceptors (Lipinski definition) is 1. The summed E-state index contributed by atoms with van der Waals surface area (Å²) in [7, 11) is 0. The molecule has 0 spiro atoms. The molecule has 0 aliphatic heterocycles. The first-order valence-corrected chi connectivity index (χ1v) is 14.0. The third kappa shape index (κ3) is 3.19. The Labute approximate surface area is 235 Å². The Morgan fingerprint density at radius 1 is 0.487 bits per heavy atom. The van der Waals surface area contributed by atoms with E-state index in [4.69, 9.17) is 4.42 Å². The summed E-state index contributed by atoms with van der Waals surface area (Å²) < 4.78 is 7.30. The fourth-order valence-electron chi connectivity index (χ4n) is 6.58. The third-order valence-corrected chi connectivity index (χ3v) is 8.92. The molecule has 1 aromatic heterocycles.